The van der Waals surface area contributed by atoms with Crippen LogP contribution < -0.4 is 9.62 Å². The summed E-state index contributed by atoms with van der Waals surface area (Å²) in [5.74, 6) is -0.763. The minimum atomic E-state index is -4.17. The van der Waals surface area contributed by atoms with Gasteiger partial charge in [0.05, 0.1) is 10.6 Å². The van der Waals surface area contributed by atoms with Crippen LogP contribution in [0.2, 0.25) is 15.1 Å². The molecule has 1 atom stereocenters. The highest BCUT2D eigenvalue weighted by Gasteiger charge is 2.32. The highest BCUT2D eigenvalue weighted by Crippen LogP contribution is 2.27. The number of carbonyl (C=O) groups is 2. The van der Waals surface area contributed by atoms with Crippen LogP contribution in [0.5, 0.6) is 0 Å². The maximum Gasteiger partial charge on any atom is 0.264 e. The van der Waals surface area contributed by atoms with Gasteiger partial charge >= 0.3 is 0 Å². The molecule has 40 heavy (non-hydrogen) atoms. The maximum absolute atomic E-state index is 13.9. The van der Waals surface area contributed by atoms with E-state index in [2.05, 4.69) is 5.32 Å². The first-order valence-corrected chi connectivity index (χ1v) is 15.2. The second-order valence-corrected chi connectivity index (χ2v) is 13.0. The van der Waals surface area contributed by atoms with Crippen molar-refractivity contribution in [2.24, 2.45) is 5.92 Å². The summed E-state index contributed by atoms with van der Waals surface area (Å²) < 4.78 is 28.7. The van der Waals surface area contributed by atoms with Crippen molar-refractivity contribution in [2.45, 2.75) is 45.2 Å². The molecule has 0 fully saturated rings. The van der Waals surface area contributed by atoms with Crippen LogP contribution in [0.1, 0.15) is 31.9 Å². The molecule has 7 nitrogen and oxygen atoms in total. The lowest BCUT2D eigenvalue weighted by Gasteiger charge is -2.32. The molecule has 214 valence electrons. The lowest BCUT2D eigenvalue weighted by Crippen LogP contribution is -2.51. The second kappa shape index (κ2) is 13.7. The van der Waals surface area contributed by atoms with Crippen LogP contribution in [0.3, 0.4) is 0 Å². The predicted octanol–water partition coefficient (Wildman–Crippen LogP) is 6.34. The molecule has 0 radical (unpaired) electrons. The third kappa shape index (κ3) is 8.13. The average molecular weight is 625 g/mol. The van der Waals surface area contributed by atoms with Gasteiger partial charge in [0.15, 0.2) is 0 Å². The van der Waals surface area contributed by atoms with Crippen molar-refractivity contribution in [3.8, 4) is 0 Å². The van der Waals surface area contributed by atoms with Crippen LogP contribution in [0.15, 0.2) is 71.6 Å². The third-order valence-electron chi connectivity index (χ3n) is 6.21. The number of amides is 2. The summed E-state index contributed by atoms with van der Waals surface area (Å²) in [4.78, 5) is 28.3. The molecular formula is C29H32Cl3N3O4S. The Kier molecular flexibility index (Phi) is 10.9. The quantitative estimate of drug-likeness (QED) is 0.270. The number of aryl methyl sites for hydroxylation is 1. The van der Waals surface area contributed by atoms with Crippen LogP contribution in [-0.2, 0) is 26.2 Å². The standard InChI is InChI=1S/C29H32Cl3N3O4S/c1-19(2)16-33-29(37)21(4)34(17-22-7-8-24(31)15-27(22)32)28(36)18-35(25-11-9-23(30)10-12-25)40(38,39)26-13-5-20(3)6-14-26/h5-15,19,21H,16-18H2,1-4H3,(H,33,37). The van der Waals surface area contributed by atoms with Gasteiger partial charge in [-0.15, -0.1) is 0 Å². The van der Waals surface area contributed by atoms with Crippen LogP contribution in [0, 0.1) is 12.8 Å². The van der Waals surface area contributed by atoms with E-state index in [4.69, 9.17) is 34.8 Å². The summed E-state index contributed by atoms with van der Waals surface area (Å²) in [6.45, 7) is 7.18. The van der Waals surface area contributed by atoms with Gasteiger partial charge in [0, 0.05) is 28.2 Å². The molecule has 0 heterocycles. The SMILES string of the molecule is Cc1ccc(S(=O)(=O)N(CC(=O)N(Cc2ccc(Cl)cc2Cl)C(C)C(=O)NCC(C)C)c2ccc(Cl)cc2)cc1. The molecular weight excluding hydrogens is 593 g/mol. The highest BCUT2D eigenvalue weighted by molar-refractivity contribution is 7.92. The van der Waals surface area contributed by atoms with Crippen LogP contribution in [-0.4, -0.2) is 44.3 Å². The van der Waals surface area contributed by atoms with Crippen molar-refractivity contribution in [1.29, 1.82) is 0 Å². The minimum absolute atomic E-state index is 0.0240. The fourth-order valence-corrected chi connectivity index (χ4v) is 5.85. The van der Waals surface area contributed by atoms with Crippen LogP contribution in [0.25, 0.3) is 0 Å². The monoisotopic (exact) mass is 623 g/mol. The largest absolute Gasteiger partial charge is 0.354 e. The van der Waals surface area contributed by atoms with Crippen molar-refractivity contribution in [1.82, 2.24) is 10.2 Å². The smallest absolute Gasteiger partial charge is 0.264 e. The number of hydrogen-bond acceptors (Lipinski definition) is 4. The van der Waals surface area contributed by atoms with Crippen molar-refractivity contribution >= 4 is 62.3 Å². The summed E-state index contributed by atoms with van der Waals surface area (Å²) in [5.41, 5.74) is 1.70. The molecule has 0 bridgehead atoms. The average Bonchev–Trinajstić information content (AvgIpc) is 2.90. The number of hydrogen-bond donors (Lipinski definition) is 1. The summed E-state index contributed by atoms with van der Waals surface area (Å²) in [7, 11) is -4.17. The first-order chi connectivity index (χ1) is 18.8. The molecule has 11 heteroatoms. The molecule has 0 aliphatic carbocycles. The van der Waals surface area contributed by atoms with Gasteiger partial charge in [0.2, 0.25) is 11.8 Å². The number of sulfonamides is 1. The maximum atomic E-state index is 13.9. The van der Waals surface area contributed by atoms with Gasteiger partial charge in [-0.2, -0.15) is 0 Å². The van der Waals surface area contributed by atoms with E-state index in [1.165, 1.54) is 29.2 Å². The molecule has 3 aromatic rings. The van der Waals surface area contributed by atoms with E-state index in [0.717, 1.165) is 9.87 Å². The first kappa shape index (κ1) is 31.7. The van der Waals surface area contributed by atoms with E-state index in [1.54, 1.807) is 49.4 Å². The summed E-state index contributed by atoms with van der Waals surface area (Å²) in [6.07, 6.45) is 0. The Balaban J connectivity index is 2.03. The molecule has 1 N–H and O–H groups in total. The number of anilines is 1. The van der Waals surface area contributed by atoms with Gasteiger partial charge in [-0.1, -0.05) is 72.4 Å². The number of nitrogens with one attached hydrogen (secondary N) is 1. The molecule has 0 aliphatic rings. The van der Waals surface area contributed by atoms with Crippen LogP contribution in [0.4, 0.5) is 5.69 Å². The van der Waals surface area contributed by atoms with Gasteiger partial charge in [-0.25, -0.2) is 8.42 Å². The zero-order valence-corrected chi connectivity index (χ0v) is 25.8. The molecule has 0 aromatic heterocycles. The van der Waals surface area contributed by atoms with Gasteiger partial charge in [-0.05, 0) is 73.9 Å². The Labute approximate surface area is 251 Å². The van der Waals surface area contributed by atoms with Gasteiger partial charge in [0.25, 0.3) is 10.0 Å². The zero-order chi connectivity index (χ0) is 29.6. The van der Waals surface area contributed by atoms with Crippen molar-refractivity contribution in [3.05, 3.63) is 92.9 Å². The number of halogens is 3. The van der Waals surface area contributed by atoms with E-state index >= 15 is 0 Å². The number of benzene rings is 3. The number of rotatable bonds is 11. The molecule has 0 saturated carbocycles. The predicted molar refractivity (Wildman–Crippen MR) is 161 cm³/mol. The lowest BCUT2D eigenvalue weighted by atomic mass is 10.1. The Morgan fingerprint density at radius 1 is 0.875 bits per heavy atom. The minimum Gasteiger partial charge on any atom is -0.354 e. The van der Waals surface area contributed by atoms with Crippen molar-refractivity contribution in [3.63, 3.8) is 0 Å². The Morgan fingerprint density at radius 2 is 1.48 bits per heavy atom. The number of nitrogens with zero attached hydrogens (tertiary/aromatic N) is 2. The number of carbonyl (C=O) groups excluding carboxylic acids is 2. The van der Waals surface area contributed by atoms with E-state index in [0.29, 0.717) is 27.2 Å². The topological polar surface area (TPSA) is 86.8 Å². The van der Waals surface area contributed by atoms with E-state index < -0.39 is 28.5 Å². The van der Waals surface area contributed by atoms with Crippen molar-refractivity contribution < 1.29 is 18.0 Å². The third-order valence-corrected chi connectivity index (χ3v) is 8.84. The highest BCUT2D eigenvalue weighted by atomic mass is 35.5. The molecule has 3 aromatic carbocycles. The molecule has 0 aliphatic heterocycles. The normalized spacial score (nSPS) is 12.2. The molecule has 3 rings (SSSR count). The van der Waals surface area contributed by atoms with Crippen LogP contribution >= 0.6 is 34.8 Å². The zero-order valence-electron chi connectivity index (χ0n) is 22.7. The van der Waals surface area contributed by atoms with Gasteiger partial charge < -0.3 is 10.2 Å². The fraction of sp³-hybridized carbons (Fsp3) is 0.310. The Bertz CT molecular complexity index is 1450. The summed E-state index contributed by atoms with van der Waals surface area (Å²) in [5, 5.41) is 4.00. The fourth-order valence-electron chi connectivity index (χ4n) is 3.84. The lowest BCUT2D eigenvalue weighted by molar-refractivity contribution is -0.139. The Morgan fingerprint density at radius 3 is 2.05 bits per heavy atom. The molecule has 0 spiro atoms. The van der Waals surface area contributed by atoms with E-state index in [9.17, 15) is 18.0 Å². The molecule has 0 saturated heterocycles. The summed E-state index contributed by atoms with van der Waals surface area (Å²) in [6, 6.07) is 16.4. The summed E-state index contributed by atoms with van der Waals surface area (Å²) >= 11 is 18.5. The van der Waals surface area contributed by atoms with Gasteiger partial charge in [-0.3, -0.25) is 13.9 Å². The molecule has 2 amide bonds. The molecule has 1 unspecified atom stereocenters. The second-order valence-electron chi connectivity index (χ2n) is 9.87. The van der Waals surface area contributed by atoms with Gasteiger partial charge in [0.1, 0.15) is 12.6 Å². The van der Waals surface area contributed by atoms with E-state index in [1.807, 2.05) is 20.8 Å². The van der Waals surface area contributed by atoms with E-state index in [-0.39, 0.29) is 29.0 Å². The first-order valence-electron chi connectivity index (χ1n) is 12.7. The van der Waals surface area contributed by atoms with Crippen molar-refractivity contribution in [2.75, 3.05) is 17.4 Å². The Hall–Kier alpha value is -2.78.